The Hall–Kier alpha value is -2.75. The minimum absolute atomic E-state index is 0.131. The minimum Gasteiger partial charge on any atom is -0.356 e. The average Bonchev–Trinajstić information content (AvgIpc) is 2.66. The van der Waals surface area contributed by atoms with E-state index in [9.17, 15) is 9.90 Å². The van der Waals surface area contributed by atoms with Crippen LogP contribution in [0.2, 0.25) is 0 Å². The van der Waals surface area contributed by atoms with Crippen LogP contribution < -0.4 is 0 Å². The molecule has 1 unspecified atom stereocenters. The summed E-state index contributed by atoms with van der Waals surface area (Å²) in [6, 6.07) is 23.6. The van der Waals surface area contributed by atoms with Crippen LogP contribution in [-0.4, -0.2) is 10.9 Å². The van der Waals surface area contributed by atoms with Crippen molar-refractivity contribution >= 4 is 5.78 Å². The number of carbonyl (C=O) groups excluding carboxylic acids is 1. The van der Waals surface area contributed by atoms with Crippen molar-refractivity contribution in [1.29, 1.82) is 0 Å². The molecule has 0 heterocycles. The molecule has 3 aromatic carbocycles. The first kappa shape index (κ1) is 18.1. The zero-order valence-electron chi connectivity index (χ0n) is 15.0. The summed E-state index contributed by atoms with van der Waals surface area (Å²) in [7, 11) is 0. The maximum atomic E-state index is 13.0. The zero-order valence-corrected chi connectivity index (χ0v) is 15.0. The minimum atomic E-state index is -2.04. The van der Waals surface area contributed by atoms with E-state index in [1.54, 1.807) is 48.5 Å². The fourth-order valence-electron chi connectivity index (χ4n) is 3.07. The van der Waals surface area contributed by atoms with Gasteiger partial charge in [-0.2, -0.15) is 0 Å². The molecule has 0 aromatic heterocycles. The normalized spacial score (nSPS) is 13.2. The Labute approximate surface area is 153 Å². The number of aliphatic hydroxyl groups is 1. The van der Waals surface area contributed by atoms with Crippen LogP contribution in [0, 0.1) is 13.8 Å². The number of benzene rings is 3. The van der Waals surface area contributed by atoms with Crippen LogP contribution in [0.4, 0.5) is 0 Å². The van der Waals surface area contributed by atoms with Crippen molar-refractivity contribution in [1.82, 2.24) is 0 Å². The molecule has 0 amide bonds. The maximum absolute atomic E-state index is 13.0. The number of ether oxygens (including phenoxy) is 1. The van der Waals surface area contributed by atoms with Gasteiger partial charge in [-0.15, -0.1) is 0 Å². The zero-order chi connectivity index (χ0) is 18.6. The van der Waals surface area contributed by atoms with Crippen LogP contribution in [0.15, 0.2) is 78.9 Å². The van der Waals surface area contributed by atoms with Crippen LogP contribution in [0.25, 0.3) is 0 Å². The van der Waals surface area contributed by atoms with E-state index in [2.05, 4.69) is 6.07 Å². The van der Waals surface area contributed by atoms with E-state index in [1.165, 1.54) is 0 Å². The molecule has 0 aliphatic carbocycles. The number of hydrogen-bond acceptors (Lipinski definition) is 3. The van der Waals surface area contributed by atoms with Crippen molar-refractivity contribution in [2.75, 3.05) is 0 Å². The molecule has 0 radical (unpaired) electrons. The van der Waals surface area contributed by atoms with Crippen molar-refractivity contribution in [2.45, 2.75) is 26.2 Å². The number of ketones is 1. The van der Waals surface area contributed by atoms with Crippen molar-refractivity contribution in [2.24, 2.45) is 0 Å². The standard InChI is InChI=1S/C23H22O3/c1-17-13-18(2)15-19(14-17)16-26-23(25,21-11-7-4-8-12-21)22(24)20-9-5-3-6-10-20/h3-15,25H,16H2,1-2H3. The quantitative estimate of drug-likeness (QED) is 0.526. The van der Waals surface area contributed by atoms with E-state index >= 15 is 0 Å². The summed E-state index contributed by atoms with van der Waals surface area (Å²) in [6.07, 6.45) is 0. The van der Waals surface area contributed by atoms with Gasteiger partial charge in [0.25, 0.3) is 5.79 Å². The molecule has 3 aromatic rings. The molecule has 26 heavy (non-hydrogen) atoms. The predicted octanol–water partition coefficient (Wildman–Crippen LogP) is 4.55. The molecule has 0 bridgehead atoms. The summed E-state index contributed by atoms with van der Waals surface area (Å²) in [5.74, 6) is -2.52. The monoisotopic (exact) mass is 346 g/mol. The Morgan fingerprint density at radius 3 is 2.00 bits per heavy atom. The molecule has 0 saturated carbocycles. The van der Waals surface area contributed by atoms with Gasteiger partial charge >= 0.3 is 0 Å². The third kappa shape index (κ3) is 3.90. The van der Waals surface area contributed by atoms with E-state index in [0.29, 0.717) is 11.1 Å². The van der Waals surface area contributed by atoms with Gasteiger partial charge in [-0.1, -0.05) is 90.0 Å². The largest absolute Gasteiger partial charge is 0.356 e. The third-order valence-electron chi connectivity index (χ3n) is 4.24. The summed E-state index contributed by atoms with van der Waals surface area (Å²) >= 11 is 0. The Balaban J connectivity index is 1.94. The topological polar surface area (TPSA) is 46.5 Å². The molecule has 0 saturated heterocycles. The summed E-state index contributed by atoms with van der Waals surface area (Å²) in [4.78, 5) is 13.0. The highest BCUT2D eigenvalue weighted by Gasteiger charge is 2.39. The number of carbonyl (C=O) groups is 1. The lowest BCUT2D eigenvalue weighted by Gasteiger charge is -2.27. The first-order valence-electron chi connectivity index (χ1n) is 8.58. The predicted molar refractivity (Wildman–Crippen MR) is 102 cm³/mol. The highest BCUT2D eigenvalue weighted by molar-refractivity contribution is 6.01. The summed E-state index contributed by atoms with van der Waals surface area (Å²) < 4.78 is 5.83. The van der Waals surface area contributed by atoms with Gasteiger partial charge in [-0.25, -0.2) is 0 Å². The number of aryl methyl sites for hydroxylation is 2. The SMILES string of the molecule is Cc1cc(C)cc(COC(O)(C(=O)c2ccccc2)c2ccccc2)c1. The molecular formula is C23H22O3. The smallest absolute Gasteiger partial charge is 0.259 e. The van der Waals surface area contributed by atoms with Gasteiger partial charge in [0, 0.05) is 11.1 Å². The fraction of sp³-hybridized carbons (Fsp3) is 0.174. The number of rotatable bonds is 6. The van der Waals surface area contributed by atoms with E-state index in [0.717, 1.165) is 16.7 Å². The number of Topliss-reactive ketones (excluding diaryl/α,β-unsaturated/α-hetero) is 1. The van der Waals surface area contributed by atoms with E-state index in [4.69, 9.17) is 4.74 Å². The maximum Gasteiger partial charge on any atom is 0.259 e. The highest BCUT2D eigenvalue weighted by atomic mass is 16.6. The van der Waals surface area contributed by atoms with Crippen LogP contribution in [0.1, 0.15) is 32.6 Å². The second-order valence-corrected chi connectivity index (χ2v) is 6.49. The molecule has 3 heteroatoms. The summed E-state index contributed by atoms with van der Waals surface area (Å²) in [5.41, 5.74) is 3.96. The van der Waals surface area contributed by atoms with Gasteiger partial charge in [-0.3, -0.25) is 4.79 Å². The fourth-order valence-corrected chi connectivity index (χ4v) is 3.07. The third-order valence-corrected chi connectivity index (χ3v) is 4.24. The molecule has 0 aliphatic heterocycles. The molecule has 1 atom stereocenters. The molecule has 3 rings (SSSR count). The lowest BCUT2D eigenvalue weighted by Crippen LogP contribution is -2.38. The lowest BCUT2D eigenvalue weighted by atomic mass is 9.96. The Morgan fingerprint density at radius 2 is 1.42 bits per heavy atom. The molecular weight excluding hydrogens is 324 g/mol. The molecule has 0 aliphatic rings. The van der Waals surface area contributed by atoms with E-state index in [1.807, 2.05) is 38.1 Å². The van der Waals surface area contributed by atoms with Gasteiger partial charge in [0.15, 0.2) is 0 Å². The molecule has 1 N–H and O–H groups in total. The van der Waals surface area contributed by atoms with Gasteiger partial charge < -0.3 is 9.84 Å². The van der Waals surface area contributed by atoms with E-state index in [-0.39, 0.29) is 6.61 Å². The van der Waals surface area contributed by atoms with Gasteiger partial charge in [0.05, 0.1) is 6.61 Å². The van der Waals surface area contributed by atoms with Gasteiger partial charge in [0.2, 0.25) is 5.78 Å². The van der Waals surface area contributed by atoms with Crippen molar-refractivity contribution in [3.63, 3.8) is 0 Å². The van der Waals surface area contributed by atoms with Crippen molar-refractivity contribution in [3.05, 3.63) is 107 Å². The second kappa shape index (κ2) is 7.65. The van der Waals surface area contributed by atoms with Crippen molar-refractivity contribution in [3.8, 4) is 0 Å². The molecule has 132 valence electrons. The average molecular weight is 346 g/mol. The van der Waals surface area contributed by atoms with E-state index < -0.39 is 11.6 Å². The highest BCUT2D eigenvalue weighted by Crippen LogP contribution is 2.29. The summed E-state index contributed by atoms with van der Waals surface area (Å²) in [6.45, 7) is 4.15. The van der Waals surface area contributed by atoms with Crippen LogP contribution in [0.3, 0.4) is 0 Å². The van der Waals surface area contributed by atoms with Crippen molar-refractivity contribution < 1.29 is 14.6 Å². The number of hydrogen-bond donors (Lipinski definition) is 1. The first-order chi connectivity index (χ1) is 12.5. The molecule has 0 fully saturated rings. The van der Waals surface area contributed by atoms with Gasteiger partial charge in [0.1, 0.15) is 0 Å². The Morgan fingerprint density at radius 1 is 0.885 bits per heavy atom. The molecule has 3 nitrogen and oxygen atoms in total. The Bertz CT molecular complexity index is 868. The summed E-state index contributed by atoms with van der Waals surface area (Å²) in [5, 5.41) is 11.2. The molecule has 0 spiro atoms. The second-order valence-electron chi connectivity index (χ2n) is 6.49. The Kier molecular flexibility index (Phi) is 5.31. The lowest BCUT2D eigenvalue weighted by molar-refractivity contribution is -0.181. The van der Waals surface area contributed by atoms with Gasteiger partial charge in [-0.05, 0) is 19.4 Å². The van der Waals surface area contributed by atoms with Crippen LogP contribution in [0.5, 0.6) is 0 Å². The van der Waals surface area contributed by atoms with Crippen LogP contribution in [-0.2, 0) is 17.1 Å². The van der Waals surface area contributed by atoms with Crippen LogP contribution >= 0.6 is 0 Å². The first-order valence-corrected chi connectivity index (χ1v) is 8.58.